The van der Waals surface area contributed by atoms with Gasteiger partial charge in [0.2, 0.25) is 11.8 Å². The van der Waals surface area contributed by atoms with Gasteiger partial charge in [-0.05, 0) is 25.7 Å². The molecule has 3 atom stereocenters. The van der Waals surface area contributed by atoms with Crippen molar-refractivity contribution in [1.82, 2.24) is 9.80 Å². The molecule has 118 valence electrons. The monoisotopic (exact) mass is 296 g/mol. The van der Waals surface area contributed by atoms with Crippen LogP contribution in [-0.4, -0.2) is 71.7 Å². The Kier molecular flexibility index (Phi) is 4.17. The quantitative estimate of drug-likeness (QED) is 0.783. The first kappa shape index (κ1) is 14.8. The van der Waals surface area contributed by atoms with Crippen molar-refractivity contribution in [3.05, 3.63) is 0 Å². The first-order chi connectivity index (χ1) is 10.1. The topological polar surface area (TPSA) is 70.1 Å². The molecule has 0 aromatic heterocycles. The number of morpholine rings is 1. The van der Waals surface area contributed by atoms with Gasteiger partial charge < -0.3 is 19.6 Å². The summed E-state index contributed by atoms with van der Waals surface area (Å²) in [5, 5.41) is 9.24. The number of likely N-dealkylation sites (tertiary alicyclic amines) is 1. The Morgan fingerprint density at radius 1 is 1.33 bits per heavy atom. The molecule has 2 amide bonds. The highest BCUT2D eigenvalue weighted by Crippen LogP contribution is 2.32. The molecule has 0 aromatic carbocycles. The molecule has 3 aliphatic rings. The lowest BCUT2D eigenvalue weighted by molar-refractivity contribution is -0.151. The molecule has 0 radical (unpaired) electrons. The van der Waals surface area contributed by atoms with E-state index in [-0.39, 0.29) is 36.5 Å². The zero-order valence-electron chi connectivity index (χ0n) is 12.5. The zero-order chi connectivity index (χ0) is 15.0. The highest BCUT2D eigenvalue weighted by atomic mass is 16.5. The van der Waals surface area contributed by atoms with E-state index in [0.29, 0.717) is 32.0 Å². The minimum absolute atomic E-state index is 0.0373. The second-order valence-electron chi connectivity index (χ2n) is 6.64. The SMILES string of the molecule is CC1CN(C(=O)C2CC(=O)N(CC3CC3)C2)CC(CO)O1. The van der Waals surface area contributed by atoms with E-state index in [2.05, 4.69) is 0 Å². The van der Waals surface area contributed by atoms with Crippen LogP contribution < -0.4 is 0 Å². The number of aliphatic hydroxyl groups is 1. The van der Waals surface area contributed by atoms with Crippen molar-refractivity contribution in [3.8, 4) is 0 Å². The molecule has 3 unspecified atom stereocenters. The summed E-state index contributed by atoms with van der Waals surface area (Å²) >= 11 is 0. The molecular formula is C15H24N2O4. The number of carbonyl (C=O) groups is 2. The highest BCUT2D eigenvalue weighted by Gasteiger charge is 2.40. The maximum absolute atomic E-state index is 12.6. The van der Waals surface area contributed by atoms with E-state index in [1.807, 2.05) is 11.8 Å². The van der Waals surface area contributed by atoms with Crippen LogP contribution in [0.2, 0.25) is 0 Å². The van der Waals surface area contributed by atoms with Gasteiger partial charge in [-0.3, -0.25) is 9.59 Å². The average molecular weight is 296 g/mol. The lowest BCUT2D eigenvalue weighted by Crippen LogP contribution is -2.52. The third-order valence-electron chi connectivity index (χ3n) is 4.58. The van der Waals surface area contributed by atoms with Gasteiger partial charge in [0.15, 0.2) is 0 Å². The molecule has 1 saturated carbocycles. The fourth-order valence-electron chi connectivity index (χ4n) is 3.31. The summed E-state index contributed by atoms with van der Waals surface area (Å²) in [6.07, 6.45) is 2.38. The smallest absolute Gasteiger partial charge is 0.228 e. The fraction of sp³-hybridized carbons (Fsp3) is 0.867. The Balaban J connectivity index is 1.58. The van der Waals surface area contributed by atoms with Crippen LogP contribution >= 0.6 is 0 Å². The van der Waals surface area contributed by atoms with Crippen LogP contribution in [0.25, 0.3) is 0 Å². The molecule has 6 nitrogen and oxygen atoms in total. The van der Waals surface area contributed by atoms with Crippen LogP contribution in [0.15, 0.2) is 0 Å². The summed E-state index contributed by atoms with van der Waals surface area (Å²) in [7, 11) is 0. The highest BCUT2D eigenvalue weighted by molar-refractivity contribution is 5.89. The molecule has 6 heteroatoms. The van der Waals surface area contributed by atoms with Gasteiger partial charge in [0, 0.05) is 32.6 Å². The van der Waals surface area contributed by atoms with Crippen molar-refractivity contribution in [2.75, 3.05) is 32.8 Å². The van der Waals surface area contributed by atoms with Crippen molar-refractivity contribution in [3.63, 3.8) is 0 Å². The summed E-state index contributed by atoms with van der Waals surface area (Å²) in [4.78, 5) is 28.2. The van der Waals surface area contributed by atoms with E-state index < -0.39 is 0 Å². The van der Waals surface area contributed by atoms with E-state index in [1.165, 1.54) is 12.8 Å². The molecule has 1 N–H and O–H groups in total. The predicted octanol–water partition coefficient (Wildman–Crippen LogP) is -0.147. The van der Waals surface area contributed by atoms with Gasteiger partial charge in [-0.15, -0.1) is 0 Å². The molecule has 2 saturated heterocycles. The van der Waals surface area contributed by atoms with Gasteiger partial charge in [0.1, 0.15) is 0 Å². The predicted molar refractivity (Wildman–Crippen MR) is 75.4 cm³/mol. The molecule has 1 aliphatic carbocycles. The van der Waals surface area contributed by atoms with Gasteiger partial charge in [-0.1, -0.05) is 0 Å². The van der Waals surface area contributed by atoms with Gasteiger partial charge in [-0.2, -0.15) is 0 Å². The van der Waals surface area contributed by atoms with Crippen LogP contribution in [0.5, 0.6) is 0 Å². The molecule has 0 spiro atoms. The van der Waals surface area contributed by atoms with E-state index in [9.17, 15) is 14.7 Å². The van der Waals surface area contributed by atoms with Crippen molar-refractivity contribution >= 4 is 11.8 Å². The van der Waals surface area contributed by atoms with Gasteiger partial charge in [0.25, 0.3) is 0 Å². The number of aliphatic hydroxyl groups excluding tert-OH is 1. The third kappa shape index (κ3) is 3.37. The third-order valence-corrected chi connectivity index (χ3v) is 4.58. The second kappa shape index (κ2) is 5.93. The van der Waals surface area contributed by atoms with Crippen LogP contribution in [0, 0.1) is 11.8 Å². The van der Waals surface area contributed by atoms with Crippen LogP contribution in [-0.2, 0) is 14.3 Å². The maximum atomic E-state index is 12.6. The van der Waals surface area contributed by atoms with Crippen LogP contribution in [0.4, 0.5) is 0 Å². The number of rotatable bonds is 4. The first-order valence-electron chi connectivity index (χ1n) is 7.89. The normalized spacial score (nSPS) is 33.6. The fourth-order valence-corrected chi connectivity index (χ4v) is 3.31. The summed E-state index contributed by atoms with van der Waals surface area (Å²) in [5.74, 6) is 0.585. The average Bonchev–Trinajstić information content (AvgIpc) is 3.20. The number of amides is 2. The van der Waals surface area contributed by atoms with Crippen LogP contribution in [0.1, 0.15) is 26.2 Å². The zero-order valence-corrected chi connectivity index (χ0v) is 12.5. The van der Waals surface area contributed by atoms with Gasteiger partial charge >= 0.3 is 0 Å². The number of nitrogens with zero attached hydrogens (tertiary/aromatic N) is 2. The summed E-state index contributed by atoms with van der Waals surface area (Å²) in [5.41, 5.74) is 0. The number of hydrogen-bond donors (Lipinski definition) is 1. The largest absolute Gasteiger partial charge is 0.394 e. The standard InChI is InChI=1S/C15H24N2O4/c1-10-5-17(8-13(9-18)21-10)15(20)12-4-14(19)16(7-12)6-11-2-3-11/h10-13,18H,2-9H2,1H3. The minimum atomic E-state index is -0.308. The van der Waals surface area contributed by atoms with Gasteiger partial charge in [0.05, 0.1) is 24.7 Å². The molecule has 3 fully saturated rings. The Morgan fingerprint density at radius 2 is 2.10 bits per heavy atom. The van der Waals surface area contributed by atoms with Gasteiger partial charge in [-0.25, -0.2) is 0 Å². The van der Waals surface area contributed by atoms with Crippen molar-refractivity contribution < 1.29 is 19.4 Å². The molecule has 0 aromatic rings. The molecule has 2 heterocycles. The second-order valence-corrected chi connectivity index (χ2v) is 6.64. The van der Waals surface area contributed by atoms with E-state index in [1.54, 1.807) is 4.90 Å². The van der Waals surface area contributed by atoms with Crippen molar-refractivity contribution in [2.24, 2.45) is 11.8 Å². The summed E-state index contributed by atoms with van der Waals surface area (Å²) < 4.78 is 5.56. The Bertz CT molecular complexity index is 424. The Morgan fingerprint density at radius 3 is 2.76 bits per heavy atom. The first-order valence-corrected chi connectivity index (χ1v) is 7.89. The number of ether oxygens (including phenoxy) is 1. The molecular weight excluding hydrogens is 272 g/mol. The molecule has 0 bridgehead atoms. The lowest BCUT2D eigenvalue weighted by Gasteiger charge is -2.37. The minimum Gasteiger partial charge on any atom is -0.394 e. The molecule has 3 rings (SSSR count). The Labute approximate surface area is 125 Å². The molecule has 2 aliphatic heterocycles. The van der Waals surface area contributed by atoms with E-state index >= 15 is 0 Å². The van der Waals surface area contributed by atoms with Crippen molar-refractivity contribution in [1.29, 1.82) is 0 Å². The summed E-state index contributed by atoms with van der Waals surface area (Å²) in [6, 6.07) is 0. The van der Waals surface area contributed by atoms with Crippen molar-refractivity contribution in [2.45, 2.75) is 38.4 Å². The van der Waals surface area contributed by atoms with E-state index in [4.69, 9.17) is 4.74 Å². The number of carbonyl (C=O) groups excluding carboxylic acids is 2. The Hall–Kier alpha value is -1.14. The summed E-state index contributed by atoms with van der Waals surface area (Å²) in [6.45, 7) is 4.17. The van der Waals surface area contributed by atoms with E-state index in [0.717, 1.165) is 6.54 Å². The molecule has 21 heavy (non-hydrogen) atoms. The lowest BCUT2D eigenvalue weighted by atomic mass is 10.1. The number of hydrogen-bond acceptors (Lipinski definition) is 4. The maximum Gasteiger partial charge on any atom is 0.228 e. The van der Waals surface area contributed by atoms with Crippen LogP contribution in [0.3, 0.4) is 0 Å².